The molecule has 0 radical (unpaired) electrons. The summed E-state index contributed by atoms with van der Waals surface area (Å²) in [5.74, 6) is -3.75. The van der Waals surface area contributed by atoms with Gasteiger partial charge < -0.3 is 36.1 Å². The van der Waals surface area contributed by atoms with E-state index in [9.17, 15) is 47.9 Å². The average molecular weight is 886 g/mol. The molecule has 4 aromatic rings. The highest BCUT2D eigenvalue weighted by molar-refractivity contribution is 5.90. The smallest absolute Gasteiger partial charge is 0.407 e. The number of nitrogens with one attached hydrogen (secondary N) is 7. The zero-order chi connectivity index (χ0) is 46.3. The summed E-state index contributed by atoms with van der Waals surface area (Å²) in [5.41, 5.74) is 1.72. The SMILES string of the molecule is CCOC(=O)CNC(=O)[C@H](CCCNC(=O)[C@H](CCCNC(=O)OCC1c2ccccc2-c2ccccc21)NC(=O)Cn1cc(C)c(=O)[nH]c1=O)NC(=O)Cn1cc(C)c(=O)[nH]c1=O. The third-order valence-electron chi connectivity index (χ3n) is 10.3. The molecule has 0 saturated carbocycles. The summed E-state index contributed by atoms with van der Waals surface area (Å²) in [6.07, 6.45) is 2.00. The predicted octanol–water partition coefficient (Wildman–Crippen LogP) is -0.432. The topological polar surface area (TPSA) is 291 Å². The second kappa shape index (κ2) is 22.5. The van der Waals surface area contributed by atoms with Crippen molar-refractivity contribution < 1.29 is 38.2 Å². The Morgan fingerprint density at radius 3 is 1.62 bits per heavy atom. The highest BCUT2D eigenvalue weighted by Gasteiger charge is 2.29. The van der Waals surface area contributed by atoms with Gasteiger partial charge in [-0.05, 0) is 68.7 Å². The number of carbonyl (C=O) groups excluding carboxylic acids is 6. The van der Waals surface area contributed by atoms with Crippen LogP contribution in [0.5, 0.6) is 0 Å². The number of ether oxygens (including phenoxy) is 2. The molecule has 64 heavy (non-hydrogen) atoms. The Kier molecular flexibility index (Phi) is 16.7. The van der Waals surface area contributed by atoms with Crippen molar-refractivity contribution in [3.8, 4) is 11.1 Å². The van der Waals surface area contributed by atoms with Gasteiger partial charge in [-0.25, -0.2) is 14.4 Å². The van der Waals surface area contributed by atoms with Crippen LogP contribution in [-0.2, 0) is 46.5 Å². The van der Waals surface area contributed by atoms with Crippen LogP contribution in [0.2, 0.25) is 0 Å². The van der Waals surface area contributed by atoms with E-state index in [1.807, 2.05) is 48.5 Å². The van der Waals surface area contributed by atoms with E-state index in [1.54, 1.807) is 6.92 Å². The average Bonchev–Trinajstić information content (AvgIpc) is 3.58. The fourth-order valence-electron chi connectivity index (χ4n) is 7.08. The maximum Gasteiger partial charge on any atom is 0.407 e. The van der Waals surface area contributed by atoms with Gasteiger partial charge in [-0.15, -0.1) is 0 Å². The summed E-state index contributed by atoms with van der Waals surface area (Å²) in [4.78, 5) is 130. The Hall–Kier alpha value is -7.58. The first-order valence-electron chi connectivity index (χ1n) is 20.6. The van der Waals surface area contributed by atoms with E-state index in [0.717, 1.165) is 31.4 Å². The fraction of sp³-hybridized carbons (Fsp3) is 0.395. The molecule has 2 atom stereocenters. The monoisotopic (exact) mass is 885 g/mol. The van der Waals surface area contributed by atoms with Crippen molar-refractivity contribution in [3.05, 3.63) is 125 Å². The predicted molar refractivity (Wildman–Crippen MR) is 230 cm³/mol. The number of benzene rings is 2. The Bertz CT molecular complexity index is 2570. The van der Waals surface area contributed by atoms with Crippen LogP contribution in [0.3, 0.4) is 0 Å². The van der Waals surface area contributed by atoms with Gasteiger partial charge >= 0.3 is 23.4 Å². The van der Waals surface area contributed by atoms with Crippen LogP contribution in [0, 0.1) is 13.8 Å². The van der Waals surface area contributed by atoms with Crippen LogP contribution in [0.25, 0.3) is 11.1 Å². The number of alkyl carbamates (subject to hydrolysis) is 1. The van der Waals surface area contributed by atoms with E-state index in [-0.39, 0.29) is 69.0 Å². The van der Waals surface area contributed by atoms with Crippen LogP contribution < -0.4 is 49.1 Å². The molecule has 7 N–H and O–H groups in total. The first-order valence-corrected chi connectivity index (χ1v) is 20.6. The molecule has 21 nitrogen and oxygen atoms in total. The highest BCUT2D eigenvalue weighted by Crippen LogP contribution is 2.44. The van der Waals surface area contributed by atoms with Crippen molar-refractivity contribution in [2.24, 2.45) is 0 Å². The summed E-state index contributed by atoms with van der Waals surface area (Å²) < 4.78 is 12.4. The Balaban J connectivity index is 1.18. The van der Waals surface area contributed by atoms with E-state index in [0.29, 0.717) is 0 Å². The molecule has 0 aliphatic heterocycles. The molecule has 0 bridgehead atoms. The van der Waals surface area contributed by atoms with E-state index in [2.05, 4.69) is 36.6 Å². The zero-order valence-electron chi connectivity index (χ0n) is 35.6. The van der Waals surface area contributed by atoms with Crippen LogP contribution in [-0.4, -0.2) is 99.7 Å². The molecule has 0 fully saturated rings. The van der Waals surface area contributed by atoms with Crippen LogP contribution in [0.1, 0.15) is 60.8 Å². The molecule has 1 aliphatic carbocycles. The molecule has 2 aromatic carbocycles. The van der Waals surface area contributed by atoms with Crippen molar-refractivity contribution in [2.45, 2.75) is 77.5 Å². The van der Waals surface area contributed by atoms with Crippen LogP contribution in [0.4, 0.5) is 4.79 Å². The number of aromatic nitrogens is 4. The minimum absolute atomic E-state index is 0.0271. The number of amides is 5. The number of rotatable bonds is 21. The Morgan fingerprint density at radius 2 is 1.12 bits per heavy atom. The number of aryl methyl sites for hydroxylation is 2. The van der Waals surface area contributed by atoms with Gasteiger partial charge in [0.1, 0.15) is 38.3 Å². The van der Waals surface area contributed by atoms with Crippen molar-refractivity contribution in [3.63, 3.8) is 0 Å². The second-order valence-electron chi connectivity index (χ2n) is 15.0. The minimum Gasteiger partial charge on any atom is -0.465 e. The van der Waals surface area contributed by atoms with Gasteiger partial charge in [0.15, 0.2) is 0 Å². The Morgan fingerprint density at radius 1 is 0.656 bits per heavy atom. The molecule has 5 rings (SSSR count). The molecule has 340 valence electrons. The molecular weight excluding hydrogens is 835 g/mol. The molecule has 2 heterocycles. The second-order valence-corrected chi connectivity index (χ2v) is 15.0. The van der Waals surface area contributed by atoms with E-state index >= 15 is 0 Å². The highest BCUT2D eigenvalue weighted by atomic mass is 16.5. The summed E-state index contributed by atoms with van der Waals surface area (Å²) in [5, 5.41) is 12.9. The summed E-state index contributed by atoms with van der Waals surface area (Å²) >= 11 is 0. The number of carbonyl (C=O) groups is 6. The quantitative estimate of drug-likeness (QED) is 0.0415. The molecule has 2 aromatic heterocycles. The molecule has 5 amide bonds. The minimum atomic E-state index is -1.24. The lowest BCUT2D eigenvalue weighted by Gasteiger charge is -2.21. The van der Waals surface area contributed by atoms with Gasteiger partial charge in [-0.1, -0.05) is 48.5 Å². The van der Waals surface area contributed by atoms with Gasteiger partial charge in [-0.2, -0.15) is 0 Å². The number of H-pyrrole nitrogens is 2. The zero-order valence-corrected chi connectivity index (χ0v) is 35.6. The molecule has 21 heteroatoms. The van der Waals surface area contributed by atoms with Gasteiger partial charge in [0.25, 0.3) is 11.1 Å². The first kappa shape index (κ1) is 47.5. The van der Waals surface area contributed by atoms with Gasteiger partial charge in [0.05, 0.1) is 6.61 Å². The lowest BCUT2D eigenvalue weighted by atomic mass is 9.98. The van der Waals surface area contributed by atoms with Crippen molar-refractivity contribution in [1.82, 2.24) is 45.7 Å². The van der Waals surface area contributed by atoms with Crippen molar-refractivity contribution >= 4 is 35.7 Å². The third kappa shape index (κ3) is 13.0. The van der Waals surface area contributed by atoms with Crippen molar-refractivity contribution in [1.29, 1.82) is 0 Å². The molecule has 0 unspecified atom stereocenters. The van der Waals surface area contributed by atoms with E-state index in [4.69, 9.17) is 9.47 Å². The normalized spacial score (nSPS) is 12.5. The lowest BCUT2D eigenvalue weighted by Crippen LogP contribution is -2.50. The summed E-state index contributed by atoms with van der Waals surface area (Å²) in [6.45, 7) is 3.12. The molecule has 0 saturated heterocycles. The fourth-order valence-corrected chi connectivity index (χ4v) is 7.08. The van der Waals surface area contributed by atoms with Gasteiger partial charge in [-0.3, -0.25) is 52.7 Å². The summed E-state index contributed by atoms with van der Waals surface area (Å²) in [6, 6.07) is 13.4. The van der Waals surface area contributed by atoms with E-state index < -0.39 is 89.9 Å². The lowest BCUT2D eigenvalue weighted by molar-refractivity contribution is -0.143. The number of aromatic amines is 2. The summed E-state index contributed by atoms with van der Waals surface area (Å²) in [7, 11) is 0. The van der Waals surface area contributed by atoms with E-state index in [1.165, 1.54) is 26.2 Å². The van der Waals surface area contributed by atoms with Crippen LogP contribution in [0.15, 0.2) is 80.1 Å². The van der Waals surface area contributed by atoms with Crippen LogP contribution >= 0.6 is 0 Å². The number of fused-ring (bicyclic) bond motifs is 3. The van der Waals surface area contributed by atoms with Crippen molar-refractivity contribution in [2.75, 3.05) is 32.8 Å². The standard InChI is InChI=1S/C43H51N9O12/c1-4-63-36(55)19-46-40(59)33(48-35(54)23-52-21-26(3)38(57)50-42(52)61)15-9-17-44-39(58)32(47-34(53)22-51-20-25(2)37(56)49-41(51)60)16-10-18-45-43(62)64-24-31-29-13-7-5-11-27(29)28-12-6-8-14-30(28)31/h5-8,11-14,20-21,31-33H,4,9-10,15-19,22-24H2,1-3H3,(H,44,58)(H,45,62)(H,46,59)(H,47,53)(H,48,54)(H,49,56,60)(H,50,57,61)/t32-,33-/m0/s1. The molecular formula is C43H51N9O12. The molecule has 1 aliphatic rings. The number of hydrogen-bond donors (Lipinski definition) is 7. The molecule has 0 spiro atoms. The van der Waals surface area contributed by atoms with Gasteiger partial charge in [0.2, 0.25) is 23.6 Å². The maximum atomic E-state index is 13.5. The largest absolute Gasteiger partial charge is 0.465 e. The first-order chi connectivity index (χ1) is 30.6. The number of esters is 1. The van der Waals surface area contributed by atoms with Gasteiger partial charge in [0, 0.05) is 42.5 Å². The number of hydrogen-bond acceptors (Lipinski definition) is 12. The maximum absolute atomic E-state index is 13.5. The Labute approximate surface area is 365 Å². The third-order valence-corrected chi connectivity index (χ3v) is 10.3. The number of nitrogens with zero attached hydrogens (tertiary/aromatic N) is 2.